The highest BCUT2D eigenvalue weighted by molar-refractivity contribution is 7.92. The van der Waals surface area contributed by atoms with Gasteiger partial charge < -0.3 is 10.0 Å². The van der Waals surface area contributed by atoms with E-state index in [-0.39, 0.29) is 0 Å². The minimum atomic E-state index is -5.67. The zero-order valence-electron chi connectivity index (χ0n) is 10.5. The number of hydrogen-bond acceptors (Lipinski definition) is 4. The van der Waals surface area contributed by atoms with Gasteiger partial charge in [-0.15, -0.1) is 0 Å². The molecule has 1 rings (SSSR count). The maximum atomic E-state index is 12.6. The number of anilines is 1. The predicted octanol–water partition coefficient (Wildman–Crippen LogP) is 2.04. The van der Waals surface area contributed by atoms with E-state index in [2.05, 4.69) is 0 Å². The first-order valence-electron chi connectivity index (χ1n) is 5.65. The number of hydrogen-bond donors (Lipinski definition) is 1. The zero-order chi connectivity index (χ0) is 16.3. The summed E-state index contributed by atoms with van der Waals surface area (Å²) in [6.07, 6.45) is -2.90. The largest absolute Gasteiger partial charge is 0.501 e. The molecule has 120 valence electrons. The Hall–Kier alpha value is -1.42. The summed E-state index contributed by atoms with van der Waals surface area (Å²) in [4.78, 5) is -0.421. The molecule has 21 heavy (non-hydrogen) atoms. The number of aliphatic hydroxyl groups excluding tert-OH is 1. The number of alkyl halides is 5. The van der Waals surface area contributed by atoms with Crippen molar-refractivity contribution < 1.29 is 35.5 Å². The second-order valence-electron chi connectivity index (χ2n) is 3.98. The standard InChI is InChI=1S/C11H12F5NO3S/c12-10(13)7-17(5-6-18)8-3-1-2-4-9(8)21(19,20)11(14,15)16/h1-4,10,18H,5-7H2. The Labute approximate surface area is 117 Å². The number of para-hydroxylation sites is 1. The maximum absolute atomic E-state index is 12.6. The second kappa shape index (κ2) is 6.56. The number of halogens is 5. The molecule has 1 aromatic rings. The molecule has 0 heterocycles. The van der Waals surface area contributed by atoms with Gasteiger partial charge in [-0.25, -0.2) is 17.2 Å². The van der Waals surface area contributed by atoms with E-state index in [4.69, 9.17) is 5.11 Å². The molecule has 1 aromatic carbocycles. The molecular weight excluding hydrogens is 321 g/mol. The fourth-order valence-electron chi connectivity index (χ4n) is 1.67. The van der Waals surface area contributed by atoms with E-state index >= 15 is 0 Å². The van der Waals surface area contributed by atoms with E-state index in [9.17, 15) is 30.4 Å². The maximum Gasteiger partial charge on any atom is 0.501 e. The zero-order valence-corrected chi connectivity index (χ0v) is 11.3. The summed E-state index contributed by atoms with van der Waals surface area (Å²) in [5, 5.41) is 8.81. The first-order valence-corrected chi connectivity index (χ1v) is 7.14. The molecule has 0 saturated heterocycles. The van der Waals surface area contributed by atoms with Gasteiger partial charge in [0.25, 0.3) is 16.3 Å². The smallest absolute Gasteiger partial charge is 0.395 e. The van der Waals surface area contributed by atoms with E-state index in [1.807, 2.05) is 0 Å². The van der Waals surface area contributed by atoms with E-state index in [0.29, 0.717) is 11.0 Å². The summed E-state index contributed by atoms with van der Waals surface area (Å²) >= 11 is 0. The average Bonchev–Trinajstić information content (AvgIpc) is 2.36. The van der Waals surface area contributed by atoms with Crippen molar-refractivity contribution in [2.24, 2.45) is 0 Å². The number of nitrogens with zero attached hydrogens (tertiary/aromatic N) is 1. The topological polar surface area (TPSA) is 57.6 Å². The first-order chi connectivity index (χ1) is 9.61. The van der Waals surface area contributed by atoms with Crippen molar-refractivity contribution in [1.82, 2.24) is 0 Å². The molecule has 1 N–H and O–H groups in total. The van der Waals surface area contributed by atoms with Crippen LogP contribution in [0.15, 0.2) is 29.2 Å². The van der Waals surface area contributed by atoms with E-state index in [1.165, 1.54) is 6.07 Å². The monoisotopic (exact) mass is 333 g/mol. The van der Waals surface area contributed by atoms with E-state index in [0.717, 1.165) is 12.1 Å². The molecule has 0 radical (unpaired) electrons. The van der Waals surface area contributed by atoms with Gasteiger partial charge in [0.05, 0.1) is 23.7 Å². The third-order valence-corrected chi connectivity index (χ3v) is 4.06. The molecule has 0 aliphatic carbocycles. The fourth-order valence-corrected chi connectivity index (χ4v) is 2.65. The first kappa shape index (κ1) is 17.6. The van der Waals surface area contributed by atoms with Crippen LogP contribution in [0.1, 0.15) is 0 Å². The van der Waals surface area contributed by atoms with Crippen molar-refractivity contribution in [3.63, 3.8) is 0 Å². The highest BCUT2D eigenvalue weighted by Gasteiger charge is 2.48. The molecule has 0 amide bonds. The van der Waals surface area contributed by atoms with Crippen LogP contribution in [-0.2, 0) is 9.84 Å². The summed E-state index contributed by atoms with van der Waals surface area (Å²) in [6.45, 7) is -2.03. The summed E-state index contributed by atoms with van der Waals surface area (Å²) in [5.74, 6) is 0. The van der Waals surface area contributed by atoms with Crippen molar-refractivity contribution in [2.75, 3.05) is 24.6 Å². The van der Waals surface area contributed by atoms with Crippen molar-refractivity contribution in [1.29, 1.82) is 0 Å². The molecule has 0 unspecified atom stereocenters. The van der Waals surface area contributed by atoms with Crippen LogP contribution >= 0.6 is 0 Å². The fraction of sp³-hybridized carbons (Fsp3) is 0.455. The molecule has 0 saturated carbocycles. The van der Waals surface area contributed by atoms with Gasteiger partial charge >= 0.3 is 5.51 Å². The molecule has 0 atom stereocenters. The van der Waals surface area contributed by atoms with Crippen LogP contribution in [0.5, 0.6) is 0 Å². The molecule has 0 aliphatic rings. The predicted molar refractivity (Wildman–Crippen MR) is 65.0 cm³/mol. The van der Waals surface area contributed by atoms with Gasteiger partial charge in [-0.1, -0.05) is 12.1 Å². The van der Waals surface area contributed by atoms with E-state index < -0.39 is 52.1 Å². The van der Waals surface area contributed by atoms with Gasteiger partial charge in [0.15, 0.2) is 0 Å². The molecular formula is C11H12F5NO3S. The Morgan fingerprint density at radius 3 is 2.24 bits per heavy atom. The van der Waals surface area contributed by atoms with Gasteiger partial charge in [0, 0.05) is 6.54 Å². The van der Waals surface area contributed by atoms with Crippen LogP contribution in [0.4, 0.5) is 27.6 Å². The Bertz CT molecular complexity index is 573. The summed E-state index contributed by atoms with van der Waals surface area (Å²) < 4.78 is 85.7. The SMILES string of the molecule is O=S(=O)(c1ccccc1N(CCO)CC(F)F)C(F)(F)F. The third kappa shape index (κ3) is 4.03. The number of sulfone groups is 1. The van der Waals surface area contributed by atoms with Crippen molar-refractivity contribution >= 4 is 15.5 Å². The van der Waals surface area contributed by atoms with Crippen LogP contribution in [0.25, 0.3) is 0 Å². The minimum Gasteiger partial charge on any atom is -0.395 e. The molecule has 0 bridgehead atoms. The molecule has 0 aliphatic heterocycles. The highest BCUT2D eigenvalue weighted by atomic mass is 32.2. The van der Waals surface area contributed by atoms with Crippen molar-refractivity contribution in [3.05, 3.63) is 24.3 Å². The van der Waals surface area contributed by atoms with Crippen LogP contribution in [0.2, 0.25) is 0 Å². The lowest BCUT2D eigenvalue weighted by atomic mass is 10.3. The van der Waals surface area contributed by atoms with Crippen LogP contribution in [-0.4, -0.2) is 45.2 Å². The van der Waals surface area contributed by atoms with Gasteiger partial charge in [0.2, 0.25) is 0 Å². The minimum absolute atomic E-state index is 0.422. The summed E-state index contributed by atoms with van der Waals surface area (Å²) in [7, 11) is -5.67. The lowest BCUT2D eigenvalue weighted by Gasteiger charge is -2.26. The lowest BCUT2D eigenvalue weighted by molar-refractivity contribution is -0.0435. The molecule has 0 spiro atoms. The van der Waals surface area contributed by atoms with Crippen LogP contribution in [0.3, 0.4) is 0 Å². The van der Waals surface area contributed by atoms with Gasteiger partial charge in [-0.05, 0) is 12.1 Å². The molecule has 0 fully saturated rings. The average molecular weight is 333 g/mol. The Balaban J connectivity index is 3.38. The lowest BCUT2D eigenvalue weighted by Crippen LogP contribution is -2.34. The van der Waals surface area contributed by atoms with Crippen LogP contribution in [0, 0.1) is 0 Å². The van der Waals surface area contributed by atoms with Crippen molar-refractivity contribution in [2.45, 2.75) is 16.8 Å². The second-order valence-corrected chi connectivity index (χ2v) is 5.89. The Kier molecular flexibility index (Phi) is 5.51. The number of aliphatic hydroxyl groups is 1. The summed E-state index contributed by atoms with van der Waals surface area (Å²) in [6, 6.07) is 3.95. The quantitative estimate of drug-likeness (QED) is 0.810. The third-order valence-electron chi connectivity index (χ3n) is 2.53. The van der Waals surface area contributed by atoms with Gasteiger partial charge in [-0.2, -0.15) is 13.2 Å². The van der Waals surface area contributed by atoms with Gasteiger partial charge in [-0.3, -0.25) is 0 Å². The molecule has 0 aromatic heterocycles. The highest BCUT2D eigenvalue weighted by Crippen LogP contribution is 2.35. The Morgan fingerprint density at radius 1 is 1.19 bits per heavy atom. The molecule has 4 nitrogen and oxygen atoms in total. The number of rotatable bonds is 6. The van der Waals surface area contributed by atoms with E-state index in [1.54, 1.807) is 0 Å². The molecule has 10 heteroatoms. The Morgan fingerprint density at radius 2 is 1.76 bits per heavy atom. The normalized spacial score (nSPS) is 12.7. The van der Waals surface area contributed by atoms with Gasteiger partial charge in [0.1, 0.15) is 0 Å². The van der Waals surface area contributed by atoms with Crippen LogP contribution < -0.4 is 4.90 Å². The number of benzene rings is 1. The summed E-state index contributed by atoms with van der Waals surface area (Å²) in [5.41, 5.74) is -6.07. The van der Waals surface area contributed by atoms with Crippen molar-refractivity contribution in [3.8, 4) is 0 Å².